The van der Waals surface area contributed by atoms with Crippen molar-refractivity contribution in [2.75, 3.05) is 13.2 Å². The van der Waals surface area contributed by atoms with Crippen LogP contribution in [0.2, 0.25) is 0 Å². The van der Waals surface area contributed by atoms with Gasteiger partial charge in [-0.25, -0.2) is 10.1 Å². The van der Waals surface area contributed by atoms with E-state index in [4.69, 9.17) is 16.3 Å². The van der Waals surface area contributed by atoms with Crippen LogP contribution in [0.5, 0.6) is 0 Å². The van der Waals surface area contributed by atoms with E-state index < -0.39 is 0 Å². The van der Waals surface area contributed by atoms with Crippen molar-refractivity contribution in [2.45, 2.75) is 33.2 Å². The van der Waals surface area contributed by atoms with Crippen molar-refractivity contribution < 1.29 is 9.63 Å². The Morgan fingerprint density at radius 2 is 2.07 bits per heavy atom. The fourth-order valence-electron chi connectivity index (χ4n) is 3.12. The van der Waals surface area contributed by atoms with Gasteiger partial charge in [-0.3, -0.25) is 9.63 Å². The lowest BCUT2D eigenvalue weighted by Gasteiger charge is -2.21. The van der Waals surface area contributed by atoms with E-state index in [-0.39, 0.29) is 12.3 Å². The minimum Gasteiger partial charge on any atom is -0.387 e. The number of nitrogens with zero attached hydrogens (tertiary/aromatic N) is 4. The van der Waals surface area contributed by atoms with Crippen LogP contribution >= 0.6 is 0 Å². The lowest BCUT2D eigenvalue weighted by Crippen LogP contribution is -2.34. The molecule has 1 aromatic carbocycles. The van der Waals surface area contributed by atoms with Gasteiger partial charge in [-0.05, 0) is 37.1 Å². The van der Waals surface area contributed by atoms with E-state index >= 15 is 0 Å². The number of aliphatic imine (C=N–C) groups is 1. The summed E-state index contributed by atoms with van der Waals surface area (Å²) >= 11 is 0. The highest BCUT2D eigenvalue weighted by Gasteiger charge is 2.22. The first-order chi connectivity index (χ1) is 14.0. The van der Waals surface area contributed by atoms with Gasteiger partial charge in [-0.1, -0.05) is 19.1 Å². The second-order valence-electron chi connectivity index (χ2n) is 6.69. The first kappa shape index (κ1) is 20.6. The van der Waals surface area contributed by atoms with Crippen molar-refractivity contribution in [2.24, 2.45) is 16.5 Å². The second kappa shape index (κ2) is 9.40. The molecule has 3 rings (SSSR count). The van der Waals surface area contributed by atoms with Crippen LogP contribution in [0.25, 0.3) is 17.2 Å². The molecule has 29 heavy (non-hydrogen) atoms. The smallest absolute Gasteiger partial charge is 0.273 e. The number of carbonyl (C=O) groups is 1. The molecule has 0 bridgehead atoms. The van der Waals surface area contributed by atoms with Crippen molar-refractivity contribution in [3.8, 4) is 11.1 Å². The van der Waals surface area contributed by atoms with Gasteiger partial charge in [0.15, 0.2) is 0 Å². The lowest BCUT2D eigenvalue weighted by atomic mass is 10.0. The van der Waals surface area contributed by atoms with E-state index in [9.17, 15) is 4.79 Å². The van der Waals surface area contributed by atoms with Gasteiger partial charge in [0.2, 0.25) is 0 Å². The van der Waals surface area contributed by atoms with Crippen LogP contribution in [0.1, 0.15) is 37.9 Å². The average Bonchev–Trinajstić information content (AvgIpc) is 2.90. The predicted octanol–water partition coefficient (Wildman–Crippen LogP) is 2.57. The zero-order chi connectivity index (χ0) is 20.8. The van der Waals surface area contributed by atoms with Crippen LogP contribution < -0.4 is 11.5 Å². The number of hydrogen-bond acceptors (Lipinski definition) is 7. The van der Waals surface area contributed by atoms with Crippen LogP contribution in [0, 0.1) is 0 Å². The standard InChI is InChI=1S/C21H26N6O2/c1-3-7-27(29-4-2)21(28)16-8-15-6-5-14(10-19(15)25-20(23)11-16)17-9-18(12-22)26-24-13-17/h5-6,8-10,13H,3-4,7,11-12,22H2,1-2H3,(H2,23,25). The molecule has 0 unspecified atom stereocenters. The molecule has 0 spiro atoms. The maximum absolute atomic E-state index is 12.9. The maximum atomic E-state index is 12.9. The van der Waals surface area contributed by atoms with E-state index in [2.05, 4.69) is 15.2 Å². The molecule has 4 N–H and O–H groups in total. The van der Waals surface area contributed by atoms with Crippen molar-refractivity contribution in [3.63, 3.8) is 0 Å². The monoisotopic (exact) mass is 394 g/mol. The number of aromatic nitrogens is 2. The summed E-state index contributed by atoms with van der Waals surface area (Å²) in [6.45, 7) is 5.11. The Balaban J connectivity index is 1.97. The highest BCUT2D eigenvalue weighted by Crippen LogP contribution is 2.32. The quantitative estimate of drug-likeness (QED) is 0.697. The Morgan fingerprint density at radius 1 is 1.24 bits per heavy atom. The summed E-state index contributed by atoms with van der Waals surface area (Å²) in [5, 5.41) is 9.39. The van der Waals surface area contributed by atoms with Gasteiger partial charge in [-0.15, -0.1) is 0 Å². The average molecular weight is 394 g/mol. The number of nitrogens with two attached hydrogens (primary N) is 2. The maximum Gasteiger partial charge on any atom is 0.273 e. The first-order valence-corrected chi connectivity index (χ1v) is 9.70. The molecule has 1 aromatic heterocycles. The number of hydroxylamine groups is 2. The summed E-state index contributed by atoms with van der Waals surface area (Å²) in [6.07, 6.45) is 4.58. The lowest BCUT2D eigenvalue weighted by molar-refractivity contribution is -0.180. The Kier molecular flexibility index (Phi) is 6.69. The third-order valence-corrected chi connectivity index (χ3v) is 4.46. The van der Waals surface area contributed by atoms with Gasteiger partial charge in [0.25, 0.3) is 5.91 Å². The predicted molar refractivity (Wildman–Crippen MR) is 113 cm³/mol. The summed E-state index contributed by atoms with van der Waals surface area (Å²) < 4.78 is 0. The van der Waals surface area contributed by atoms with Gasteiger partial charge in [0.1, 0.15) is 5.84 Å². The van der Waals surface area contributed by atoms with E-state index in [0.717, 1.165) is 23.1 Å². The molecule has 2 heterocycles. The van der Waals surface area contributed by atoms with E-state index in [1.807, 2.05) is 44.2 Å². The Hall–Kier alpha value is -3.10. The highest BCUT2D eigenvalue weighted by atomic mass is 16.7. The van der Waals surface area contributed by atoms with Crippen LogP contribution in [0.15, 0.2) is 41.0 Å². The third-order valence-electron chi connectivity index (χ3n) is 4.46. The molecule has 1 aliphatic heterocycles. The molecule has 0 saturated carbocycles. The van der Waals surface area contributed by atoms with Crippen molar-refractivity contribution in [1.29, 1.82) is 0 Å². The Bertz CT molecular complexity index is 948. The van der Waals surface area contributed by atoms with Gasteiger partial charge < -0.3 is 11.5 Å². The number of hydrogen-bond donors (Lipinski definition) is 2. The van der Waals surface area contributed by atoms with Crippen LogP contribution in [0.3, 0.4) is 0 Å². The van der Waals surface area contributed by atoms with Crippen molar-refractivity contribution in [3.05, 3.63) is 47.3 Å². The molecule has 0 aliphatic carbocycles. The summed E-state index contributed by atoms with van der Waals surface area (Å²) in [7, 11) is 0. The molecule has 0 atom stereocenters. The largest absolute Gasteiger partial charge is 0.387 e. The summed E-state index contributed by atoms with van der Waals surface area (Å²) in [5.41, 5.74) is 16.4. The fourth-order valence-corrected chi connectivity index (χ4v) is 3.12. The van der Waals surface area contributed by atoms with Crippen molar-refractivity contribution in [1.82, 2.24) is 15.3 Å². The number of fused-ring (bicyclic) bond motifs is 1. The Labute approximate surface area is 170 Å². The molecule has 0 saturated heterocycles. The zero-order valence-corrected chi connectivity index (χ0v) is 16.8. The van der Waals surface area contributed by atoms with Crippen molar-refractivity contribution >= 4 is 23.5 Å². The highest BCUT2D eigenvalue weighted by molar-refractivity contribution is 6.05. The first-order valence-electron chi connectivity index (χ1n) is 9.70. The van der Waals surface area contributed by atoms with Gasteiger partial charge in [0, 0.05) is 36.2 Å². The van der Waals surface area contributed by atoms with Crippen LogP contribution in [-0.4, -0.2) is 40.2 Å². The number of rotatable bonds is 7. The molecular formula is C21H26N6O2. The fraction of sp³-hybridized carbons (Fsp3) is 0.333. The summed E-state index contributed by atoms with van der Waals surface area (Å²) in [5.74, 6) is 0.193. The Morgan fingerprint density at radius 3 is 2.79 bits per heavy atom. The molecule has 8 heteroatoms. The minimum atomic E-state index is -0.185. The van der Waals surface area contributed by atoms with E-state index in [1.165, 1.54) is 5.06 Å². The molecular weight excluding hydrogens is 368 g/mol. The van der Waals surface area contributed by atoms with E-state index in [0.29, 0.717) is 42.5 Å². The van der Waals surface area contributed by atoms with Gasteiger partial charge in [0.05, 0.1) is 24.2 Å². The van der Waals surface area contributed by atoms with Gasteiger partial charge in [-0.2, -0.15) is 10.2 Å². The summed E-state index contributed by atoms with van der Waals surface area (Å²) in [6, 6.07) is 7.70. The van der Waals surface area contributed by atoms with Crippen LogP contribution in [0.4, 0.5) is 5.69 Å². The molecule has 8 nitrogen and oxygen atoms in total. The summed E-state index contributed by atoms with van der Waals surface area (Å²) in [4.78, 5) is 23.0. The second-order valence-corrected chi connectivity index (χ2v) is 6.69. The minimum absolute atomic E-state index is 0.185. The molecule has 0 radical (unpaired) electrons. The number of carbonyl (C=O) groups excluding carboxylic acids is 1. The molecule has 0 fully saturated rings. The zero-order valence-electron chi connectivity index (χ0n) is 16.8. The molecule has 1 amide bonds. The topological polar surface area (TPSA) is 120 Å². The molecule has 1 aliphatic rings. The van der Waals surface area contributed by atoms with Gasteiger partial charge >= 0.3 is 0 Å². The van der Waals surface area contributed by atoms with Crippen LogP contribution in [-0.2, 0) is 16.2 Å². The molecule has 2 aromatic rings. The SMILES string of the molecule is CCCN(OCC)C(=O)C1=Cc2ccc(-c3cnnc(CN)c3)cc2N=C(N)C1. The number of benzene rings is 1. The van der Waals surface area contributed by atoms with E-state index in [1.54, 1.807) is 6.20 Å². The molecule has 152 valence electrons. The number of amidine groups is 1. The number of amides is 1. The third kappa shape index (κ3) is 4.85. The normalized spacial score (nSPS) is 13.2.